The second-order valence-electron chi connectivity index (χ2n) is 4.69. The van der Waals surface area contributed by atoms with E-state index in [4.69, 9.17) is 11.6 Å². The first-order valence-electron chi connectivity index (χ1n) is 6.03. The number of hydrogen-bond acceptors (Lipinski definition) is 3. The van der Waals surface area contributed by atoms with E-state index in [0.717, 1.165) is 19.3 Å². The lowest BCUT2D eigenvalue weighted by molar-refractivity contribution is 0.134. The molecular formula is C12H15BrClNO3S. The molecule has 4 nitrogen and oxygen atoms in total. The summed E-state index contributed by atoms with van der Waals surface area (Å²) in [6.45, 7) is 0.268. The Labute approximate surface area is 126 Å². The van der Waals surface area contributed by atoms with E-state index >= 15 is 0 Å². The van der Waals surface area contributed by atoms with Crippen LogP contribution in [0.4, 0.5) is 0 Å². The van der Waals surface area contributed by atoms with Crippen LogP contribution in [0.15, 0.2) is 27.6 Å². The third-order valence-corrected chi connectivity index (χ3v) is 5.99. The highest BCUT2D eigenvalue weighted by atomic mass is 79.9. The normalized spacial score (nSPS) is 23.7. The molecule has 2 rings (SSSR count). The van der Waals surface area contributed by atoms with Crippen LogP contribution in [0, 0.1) is 5.92 Å². The monoisotopic (exact) mass is 367 g/mol. The maximum atomic E-state index is 12.1. The SMILES string of the molecule is O=S(=O)(NCC1CCCC1O)c1ccc(Cl)c(Br)c1. The predicted octanol–water partition coefficient (Wildman–Crippen LogP) is 2.54. The highest BCUT2D eigenvalue weighted by Gasteiger charge is 2.27. The number of benzene rings is 1. The first-order valence-corrected chi connectivity index (χ1v) is 8.68. The van der Waals surface area contributed by atoms with Crippen molar-refractivity contribution in [1.29, 1.82) is 0 Å². The minimum absolute atomic E-state index is 0.00511. The molecule has 1 aromatic carbocycles. The minimum Gasteiger partial charge on any atom is -0.393 e. The van der Waals surface area contributed by atoms with Gasteiger partial charge >= 0.3 is 0 Å². The Balaban J connectivity index is 2.07. The predicted molar refractivity (Wildman–Crippen MR) is 77.7 cm³/mol. The summed E-state index contributed by atoms with van der Waals surface area (Å²) in [5.41, 5.74) is 0. The van der Waals surface area contributed by atoms with E-state index in [0.29, 0.717) is 9.50 Å². The average molecular weight is 369 g/mol. The average Bonchev–Trinajstić information content (AvgIpc) is 2.76. The van der Waals surface area contributed by atoms with E-state index < -0.39 is 16.1 Å². The third kappa shape index (κ3) is 3.70. The standard InChI is InChI=1S/C12H15BrClNO3S/c13-10-6-9(4-5-11(10)14)19(17,18)15-7-8-2-1-3-12(8)16/h4-6,8,12,15-16H,1-3,7H2. The molecule has 19 heavy (non-hydrogen) atoms. The summed E-state index contributed by atoms with van der Waals surface area (Å²) in [6.07, 6.45) is 2.15. The molecule has 1 saturated carbocycles. The fraction of sp³-hybridized carbons (Fsp3) is 0.500. The summed E-state index contributed by atoms with van der Waals surface area (Å²) in [5, 5.41) is 10.1. The number of aliphatic hydroxyl groups excluding tert-OH is 1. The lowest BCUT2D eigenvalue weighted by Crippen LogP contribution is -2.32. The molecule has 0 aliphatic heterocycles. The zero-order chi connectivity index (χ0) is 14.0. The van der Waals surface area contributed by atoms with Crippen molar-refractivity contribution in [3.05, 3.63) is 27.7 Å². The van der Waals surface area contributed by atoms with Gasteiger partial charge in [-0.25, -0.2) is 13.1 Å². The molecular weight excluding hydrogens is 354 g/mol. The zero-order valence-electron chi connectivity index (χ0n) is 10.1. The van der Waals surface area contributed by atoms with E-state index in [1.807, 2.05) is 0 Å². The molecule has 0 amide bonds. The first-order chi connectivity index (χ1) is 8.90. The molecule has 0 aromatic heterocycles. The van der Waals surface area contributed by atoms with Crippen molar-refractivity contribution in [3.8, 4) is 0 Å². The van der Waals surface area contributed by atoms with Gasteiger partial charge in [-0.2, -0.15) is 0 Å². The summed E-state index contributed by atoms with van der Waals surface area (Å²) in [6, 6.07) is 4.46. The molecule has 106 valence electrons. The summed E-state index contributed by atoms with van der Waals surface area (Å²) >= 11 is 9.04. The second kappa shape index (κ2) is 6.10. The van der Waals surface area contributed by atoms with Gasteiger partial charge < -0.3 is 5.11 Å². The summed E-state index contributed by atoms with van der Waals surface area (Å²) in [7, 11) is -3.56. The van der Waals surface area contributed by atoms with Crippen molar-refractivity contribution >= 4 is 37.6 Å². The molecule has 1 aliphatic carbocycles. The number of sulfonamides is 1. The summed E-state index contributed by atoms with van der Waals surface area (Å²) < 4.78 is 27.3. The molecule has 0 radical (unpaired) electrons. The molecule has 0 heterocycles. The number of hydrogen-bond donors (Lipinski definition) is 2. The van der Waals surface area contributed by atoms with Crippen LogP contribution in [0.1, 0.15) is 19.3 Å². The van der Waals surface area contributed by atoms with Gasteiger partial charge in [-0.15, -0.1) is 0 Å². The summed E-state index contributed by atoms with van der Waals surface area (Å²) in [5.74, 6) is 0.00511. The van der Waals surface area contributed by atoms with Crippen LogP contribution >= 0.6 is 27.5 Å². The van der Waals surface area contributed by atoms with Gasteiger partial charge in [0, 0.05) is 11.0 Å². The van der Waals surface area contributed by atoms with Crippen LogP contribution in [0.2, 0.25) is 5.02 Å². The topological polar surface area (TPSA) is 66.4 Å². The van der Waals surface area contributed by atoms with E-state index in [2.05, 4.69) is 20.7 Å². The molecule has 7 heteroatoms. The molecule has 1 fully saturated rings. The van der Waals surface area contributed by atoms with Gasteiger partial charge in [0.05, 0.1) is 16.0 Å². The fourth-order valence-electron chi connectivity index (χ4n) is 2.20. The van der Waals surface area contributed by atoms with Gasteiger partial charge in [-0.1, -0.05) is 18.0 Å². The smallest absolute Gasteiger partial charge is 0.240 e. The lowest BCUT2D eigenvalue weighted by Gasteiger charge is -2.15. The second-order valence-corrected chi connectivity index (χ2v) is 7.71. The summed E-state index contributed by atoms with van der Waals surface area (Å²) in [4.78, 5) is 0.163. The Morgan fingerprint density at radius 2 is 2.16 bits per heavy atom. The number of nitrogens with one attached hydrogen (secondary N) is 1. The van der Waals surface area contributed by atoms with Crippen LogP contribution in [0.3, 0.4) is 0 Å². The quantitative estimate of drug-likeness (QED) is 0.858. The molecule has 2 unspecified atom stereocenters. The maximum Gasteiger partial charge on any atom is 0.240 e. The van der Waals surface area contributed by atoms with Gasteiger partial charge in [0.15, 0.2) is 0 Å². The van der Waals surface area contributed by atoms with Crippen molar-refractivity contribution in [2.75, 3.05) is 6.54 Å². The zero-order valence-corrected chi connectivity index (χ0v) is 13.3. The molecule has 0 bridgehead atoms. The Morgan fingerprint density at radius 3 is 2.74 bits per heavy atom. The maximum absolute atomic E-state index is 12.1. The van der Waals surface area contributed by atoms with Crippen LogP contribution in [0.25, 0.3) is 0 Å². The number of rotatable bonds is 4. The fourth-order valence-corrected chi connectivity index (χ4v) is 3.97. The van der Waals surface area contributed by atoms with Gasteiger partial charge in [0.2, 0.25) is 10.0 Å². The molecule has 0 spiro atoms. The van der Waals surface area contributed by atoms with E-state index in [-0.39, 0.29) is 17.4 Å². The van der Waals surface area contributed by atoms with Gasteiger partial charge in [-0.05, 0) is 52.9 Å². The number of aliphatic hydroxyl groups is 1. The van der Waals surface area contributed by atoms with Crippen molar-refractivity contribution in [1.82, 2.24) is 4.72 Å². The highest BCUT2D eigenvalue weighted by molar-refractivity contribution is 9.10. The van der Waals surface area contributed by atoms with E-state index in [1.165, 1.54) is 18.2 Å². The molecule has 1 aromatic rings. The van der Waals surface area contributed by atoms with Crippen molar-refractivity contribution in [2.24, 2.45) is 5.92 Å². The Kier molecular flexibility index (Phi) is 4.89. The van der Waals surface area contributed by atoms with Crippen LogP contribution in [0.5, 0.6) is 0 Å². The van der Waals surface area contributed by atoms with Crippen LogP contribution in [-0.2, 0) is 10.0 Å². The molecule has 2 atom stereocenters. The number of halogens is 2. The van der Waals surface area contributed by atoms with Crippen molar-refractivity contribution < 1.29 is 13.5 Å². The van der Waals surface area contributed by atoms with Crippen LogP contribution < -0.4 is 4.72 Å². The molecule has 2 N–H and O–H groups in total. The van der Waals surface area contributed by atoms with Gasteiger partial charge in [0.1, 0.15) is 0 Å². The van der Waals surface area contributed by atoms with Crippen LogP contribution in [-0.4, -0.2) is 26.2 Å². The minimum atomic E-state index is -3.56. The lowest BCUT2D eigenvalue weighted by atomic mass is 10.1. The first kappa shape index (κ1) is 15.3. The van der Waals surface area contributed by atoms with Crippen molar-refractivity contribution in [2.45, 2.75) is 30.3 Å². The Hall–Kier alpha value is -0.140. The van der Waals surface area contributed by atoms with Crippen molar-refractivity contribution in [3.63, 3.8) is 0 Å². The Morgan fingerprint density at radius 1 is 1.42 bits per heavy atom. The van der Waals surface area contributed by atoms with E-state index in [1.54, 1.807) is 0 Å². The van der Waals surface area contributed by atoms with Gasteiger partial charge in [0.25, 0.3) is 0 Å². The largest absolute Gasteiger partial charge is 0.393 e. The van der Waals surface area contributed by atoms with Gasteiger partial charge in [-0.3, -0.25) is 0 Å². The third-order valence-electron chi connectivity index (χ3n) is 3.36. The molecule has 0 saturated heterocycles. The molecule has 1 aliphatic rings. The van der Waals surface area contributed by atoms with E-state index in [9.17, 15) is 13.5 Å². The highest BCUT2D eigenvalue weighted by Crippen LogP contribution is 2.27. The Bertz CT molecular complexity index is 564.